The summed E-state index contributed by atoms with van der Waals surface area (Å²) in [6.07, 6.45) is -4.40. The molecule has 1 aromatic rings. The van der Waals surface area contributed by atoms with Crippen molar-refractivity contribution in [3.63, 3.8) is 0 Å². The smallest absolute Gasteiger partial charge is 0.406 e. The van der Waals surface area contributed by atoms with Gasteiger partial charge < -0.3 is 9.84 Å². The highest BCUT2D eigenvalue weighted by Crippen LogP contribution is 2.38. The minimum atomic E-state index is -4.83. The first-order chi connectivity index (χ1) is 7.83. The summed E-state index contributed by atoms with van der Waals surface area (Å²) in [6.45, 7) is 0. The number of ether oxygens (including phenoxy) is 1. The van der Waals surface area contributed by atoms with Gasteiger partial charge in [0.2, 0.25) is 0 Å². The number of hydrogen-bond donors (Lipinski definition) is 1. The van der Waals surface area contributed by atoms with E-state index in [0.29, 0.717) is 24.5 Å². The van der Waals surface area contributed by atoms with Crippen molar-refractivity contribution in [1.82, 2.24) is 0 Å². The normalized spacial score (nSPS) is 24.3. The van der Waals surface area contributed by atoms with Crippen LogP contribution in [-0.4, -0.2) is 17.6 Å². The monoisotopic (exact) mass is 250 g/mol. The van der Waals surface area contributed by atoms with Gasteiger partial charge in [-0.2, -0.15) is 0 Å². The van der Waals surface area contributed by atoms with Crippen LogP contribution in [0, 0.1) is 5.82 Å². The average Bonchev–Trinajstić information content (AvgIpc) is 2.08. The van der Waals surface area contributed by atoms with E-state index in [0.717, 1.165) is 6.07 Å². The number of hydrogen-bond acceptors (Lipinski definition) is 2. The van der Waals surface area contributed by atoms with Crippen molar-refractivity contribution >= 4 is 0 Å². The molecule has 0 aromatic heterocycles. The van der Waals surface area contributed by atoms with Crippen molar-refractivity contribution in [3.8, 4) is 5.75 Å². The Labute approximate surface area is 94.8 Å². The Balaban J connectivity index is 2.18. The maximum Gasteiger partial charge on any atom is 0.573 e. The molecular formula is C11H10F4O2. The molecule has 6 heteroatoms. The second kappa shape index (κ2) is 4.18. The van der Waals surface area contributed by atoms with Crippen molar-refractivity contribution in [2.24, 2.45) is 0 Å². The summed E-state index contributed by atoms with van der Waals surface area (Å²) >= 11 is 0. The van der Waals surface area contributed by atoms with Gasteiger partial charge in [0.25, 0.3) is 0 Å². The minimum absolute atomic E-state index is 0.101. The van der Waals surface area contributed by atoms with E-state index in [-0.39, 0.29) is 5.92 Å². The third-order valence-corrected chi connectivity index (χ3v) is 2.71. The molecule has 0 radical (unpaired) electrons. The van der Waals surface area contributed by atoms with Gasteiger partial charge in [-0.15, -0.1) is 13.2 Å². The number of benzene rings is 1. The van der Waals surface area contributed by atoms with Crippen molar-refractivity contribution in [1.29, 1.82) is 0 Å². The maximum atomic E-state index is 13.1. The van der Waals surface area contributed by atoms with Crippen molar-refractivity contribution in [3.05, 3.63) is 29.6 Å². The molecule has 0 aliphatic heterocycles. The van der Waals surface area contributed by atoms with E-state index >= 15 is 0 Å². The second-order valence-corrected chi connectivity index (χ2v) is 4.09. The van der Waals surface area contributed by atoms with E-state index in [1.807, 2.05) is 0 Å². The van der Waals surface area contributed by atoms with Crippen LogP contribution in [0.3, 0.4) is 0 Å². The molecule has 1 N–H and O–H groups in total. The summed E-state index contributed by atoms with van der Waals surface area (Å²) in [7, 11) is 0. The summed E-state index contributed by atoms with van der Waals surface area (Å²) in [4.78, 5) is 0. The summed E-state index contributed by atoms with van der Waals surface area (Å²) in [6, 6.07) is 3.01. The summed E-state index contributed by atoms with van der Waals surface area (Å²) < 4.78 is 52.7. The largest absolute Gasteiger partial charge is 0.573 e. The number of aliphatic hydroxyl groups excluding tert-OH is 1. The van der Waals surface area contributed by atoms with E-state index in [2.05, 4.69) is 4.74 Å². The zero-order valence-electron chi connectivity index (χ0n) is 8.67. The lowest BCUT2D eigenvalue weighted by atomic mass is 9.77. The maximum absolute atomic E-state index is 13.1. The molecule has 1 aromatic carbocycles. The molecule has 0 atom stereocenters. The first-order valence-electron chi connectivity index (χ1n) is 5.08. The highest BCUT2D eigenvalue weighted by molar-refractivity contribution is 5.33. The first kappa shape index (κ1) is 12.2. The predicted molar refractivity (Wildman–Crippen MR) is 51.1 cm³/mol. The van der Waals surface area contributed by atoms with Gasteiger partial charge in [-0.1, -0.05) is 0 Å². The van der Waals surface area contributed by atoms with Crippen LogP contribution in [0.2, 0.25) is 0 Å². The molecule has 0 unspecified atom stereocenters. The van der Waals surface area contributed by atoms with E-state index in [1.165, 1.54) is 6.07 Å². The molecular weight excluding hydrogens is 240 g/mol. The molecule has 2 rings (SSSR count). The SMILES string of the molecule is O[C@H]1C[C@@H](c2cc(F)cc(OC(F)(F)F)c2)C1. The van der Waals surface area contributed by atoms with Crippen molar-refractivity contribution in [2.45, 2.75) is 31.2 Å². The van der Waals surface area contributed by atoms with Gasteiger partial charge in [0.15, 0.2) is 0 Å². The highest BCUT2D eigenvalue weighted by Gasteiger charge is 2.33. The molecule has 0 amide bonds. The Bertz CT molecular complexity index is 410. The standard InChI is InChI=1S/C11H10F4O2/c12-8-1-6(7-2-9(16)3-7)4-10(5-8)17-11(13,14)15/h1,4-5,7,9,16H,2-3H2/t7-,9+. The van der Waals surface area contributed by atoms with E-state index in [1.54, 1.807) is 0 Å². The average molecular weight is 250 g/mol. The second-order valence-electron chi connectivity index (χ2n) is 4.09. The van der Waals surface area contributed by atoms with Gasteiger partial charge in [-0.25, -0.2) is 4.39 Å². The van der Waals surface area contributed by atoms with Crippen LogP contribution in [0.5, 0.6) is 5.75 Å². The van der Waals surface area contributed by atoms with Crippen LogP contribution >= 0.6 is 0 Å². The molecule has 0 heterocycles. The fourth-order valence-electron chi connectivity index (χ4n) is 1.87. The fraction of sp³-hybridized carbons (Fsp3) is 0.455. The minimum Gasteiger partial charge on any atom is -0.406 e. The van der Waals surface area contributed by atoms with Gasteiger partial charge in [-0.3, -0.25) is 0 Å². The van der Waals surface area contributed by atoms with Crippen LogP contribution in [-0.2, 0) is 0 Å². The van der Waals surface area contributed by atoms with Gasteiger partial charge in [-0.05, 0) is 36.5 Å². The molecule has 1 aliphatic rings. The van der Waals surface area contributed by atoms with Gasteiger partial charge in [0.1, 0.15) is 11.6 Å². The molecule has 0 spiro atoms. The topological polar surface area (TPSA) is 29.5 Å². The Morgan fingerprint density at radius 1 is 1.18 bits per heavy atom. The van der Waals surface area contributed by atoms with Gasteiger partial charge in [0, 0.05) is 6.07 Å². The Morgan fingerprint density at radius 3 is 2.35 bits per heavy atom. The summed E-state index contributed by atoms with van der Waals surface area (Å²) in [5, 5.41) is 9.10. The zero-order chi connectivity index (χ0) is 12.6. The molecule has 1 saturated carbocycles. The Kier molecular flexibility index (Phi) is 2.99. The highest BCUT2D eigenvalue weighted by atomic mass is 19.4. The van der Waals surface area contributed by atoms with Gasteiger partial charge in [0.05, 0.1) is 6.10 Å². The quantitative estimate of drug-likeness (QED) is 0.818. The number of alkyl halides is 3. The molecule has 94 valence electrons. The van der Waals surface area contributed by atoms with Crippen molar-refractivity contribution < 1.29 is 27.4 Å². The third kappa shape index (κ3) is 3.09. The summed E-state index contributed by atoms with van der Waals surface area (Å²) in [5.74, 6) is -1.44. The molecule has 17 heavy (non-hydrogen) atoms. The zero-order valence-corrected chi connectivity index (χ0v) is 8.67. The predicted octanol–water partition coefficient (Wildman–Crippen LogP) is 2.96. The molecule has 0 saturated heterocycles. The van der Waals surface area contributed by atoms with E-state index < -0.39 is 24.0 Å². The van der Waals surface area contributed by atoms with Crippen LogP contribution in [0.25, 0.3) is 0 Å². The van der Waals surface area contributed by atoms with Crippen LogP contribution < -0.4 is 4.74 Å². The van der Waals surface area contributed by atoms with Crippen molar-refractivity contribution in [2.75, 3.05) is 0 Å². The lowest BCUT2D eigenvalue weighted by molar-refractivity contribution is -0.274. The van der Waals surface area contributed by atoms with E-state index in [9.17, 15) is 17.6 Å². The van der Waals surface area contributed by atoms with Crippen LogP contribution in [0.4, 0.5) is 17.6 Å². The van der Waals surface area contributed by atoms with Gasteiger partial charge >= 0.3 is 6.36 Å². The fourth-order valence-corrected chi connectivity index (χ4v) is 1.87. The Hall–Kier alpha value is -1.30. The Morgan fingerprint density at radius 2 is 1.82 bits per heavy atom. The third-order valence-electron chi connectivity index (χ3n) is 2.71. The molecule has 1 fully saturated rings. The lowest BCUT2D eigenvalue weighted by Crippen LogP contribution is -2.26. The van der Waals surface area contributed by atoms with E-state index in [4.69, 9.17) is 5.11 Å². The first-order valence-corrected chi connectivity index (χ1v) is 5.08. The molecule has 1 aliphatic carbocycles. The number of rotatable bonds is 2. The number of halogens is 4. The van der Waals surface area contributed by atoms with Crippen LogP contribution in [0.1, 0.15) is 24.3 Å². The van der Waals surface area contributed by atoms with Crippen LogP contribution in [0.15, 0.2) is 18.2 Å². The molecule has 2 nitrogen and oxygen atoms in total. The summed E-state index contributed by atoms with van der Waals surface area (Å²) in [5.41, 5.74) is 0.426. The molecule has 0 bridgehead atoms. The lowest BCUT2D eigenvalue weighted by Gasteiger charge is -2.31. The number of aliphatic hydroxyl groups is 1.